The summed E-state index contributed by atoms with van der Waals surface area (Å²) in [7, 11) is -1.58. The molecule has 2 atom stereocenters. The van der Waals surface area contributed by atoms with Crippen LogP contribution in [-0.2, 0) is 32.6 Å². The van der Waals surface area contributed by atoms with Crippen molar-refractivity contribution in [2.45, 2.75) is 57.1 Å². The van der Waals surface area contributed by atoms with Crippen LogP contribution in [0.3, 0.4) is 0 Å². The topological polar surface area (TPSA) is 114 Å². The number of sulfonamides is 1. The van der Waals surface area contributed by atoms with Crippen molar-refractivity contribution in [3.8, 4) is 17.2 Å². The molecule has 10 nitrogen and oxygen atoms in total. The van der Waals surface area contributed by atoms with E-state index in [0.717, 1.165) is 9.87 Å². The van der Waals surface area contributed by atoms with Crippen LogP contribution in [0.4, 0.5) is 10.1 Å². The Bertz CT molecular complexity index is 1820. The van der Waals surface area contributed by atoms with E-state index >= 15 is 0 Å². The number of nitrogens with one attached hydrogen (secondary N) is 1. The minimum absolute atomic E-state index is 0.0853. The maximum Gasteiger partial charge on any atom is 0.264 e. The second kappa shape index (κ2) is 17.5. The molecule has 1 N–H and O–H groups in total. The van der Waals surface area contributed by atoms with E-state index in [2.05, 4.69) is 5.32 Å². The zero-order valence-corrected chi connectivity index (χ0v) is 29.8. The van der Waals surface area contributed by atoms with Crippen molar-refractivity contribution in [3.05, 3.63) is 114 Å². The van der Waals surface area contributed by atoms with Crippen LogP contribution in [0.1, 0.15) is 38.3 Å². The van der Waals surface area contributed by atoms with Gasteiger partial charge in [0.25, 0.3) is 10.0 Å². The molecule has 4 rings (SSSR count). The van der Waals surface area contributed by atoms with Gasteiger partial charge in [0.05, 0.1) is 31.4 Å². The molecule has 0 aliphatic heterocycles. The maximum absolute atomic E-state index is 14.7. The first-order valence-electron chi connectivity index (χ1n) is 16.4. The number of ether oxygens (including phenoxy) is 3. The largest absolute Gasteiger partial charge is 0.494 e. The first-order valence-corrected chi connectivity index (χ1v) is 17.8. The van der Waals surface area contributed by atoms with Crippen molar-refractivity contribution in [2.24, 2.45) is 0 Å². The van der Waals surface area contributed by atoms with Crippen molar-refractivity contribution >= 4 is 27.5 Å². The van der Waals surface area contributed by atoms with Gasteiger partial charge < -0.3 is 24.4 Å². The number of carbonyl (C=O) groups excluding carboxylic acids is 2. The lowest BCUT2D eigenvalue weighted by Gasteiger charge is -2.34. The molecular formula is C38H44FN3O7S. The van der Waals surface area contributed by atoms with E-state index in [9.17, 15) is 22.4 Å². The molecule has 4 aromatic rings. The second-order valence-electron chi connectivity index (χ2n) is 11.6. The number of benzene rings is 4. The van der Waals surface area contributed by atoms with Gasteiger partial charge in [-0.05, 0) is 79.9 Å². The molecule has 0 radical (unpaired) electrons. The summed E-state index contributed by atoms with van der Waals surface area (Å²) in [5.74, 6) is -0.453. The number of hydrogen-bond donors (Lipinski definition) is 1. The molecule has 0 saturated heterocycles. The van der Waals surface area contributed by atoms with Gasteiger partial charge in [-0.2, -0.15) is 0 Å². The number of halogens is 1. The Balaban J connectivity index is 1.83. The maximum atomic E-state index is 14.7. The third-order valence-corrected chi connectivity index (χ3v) is 9.97. The van der Waals surface area contributed by atoms with Crippen LogP contribution < -0.4 is 23.8 Å². The molecule has 2 amide bonds. The van der Waals surface area contributed by atoms with Crippen LogP contribution in [0.25, 0.3) is 0 Å². The highest BCUT2D eigenvalue weighted by molar-refractivity contribution is 7.92. The SMILES string of the molecule is CCOc1ccc(N(CC(=O)N(Cc2ccc(F)cc2)[C@@H](Cc2ccccc2)C(=O)N[C@@H](C)CC)S(=O)(=O)c2ccc(OC)c(OC)c2)cc1. The van der Waals surface area contributed by atoms with Gasteiger partial charge in [-0.1, -0.05) is 49.4 Å². The Kier molecular flexibility index (Phi) is 13.2. The quantitative estimate of drug-likeness (QED) is 0.144. The van der Waals surface area contributed by atoms with Gasteiger partial charge in [0.15, 0.2) is 11.5 Å². The van der Waals surface area contributed by atoms with Crippen LogP contribution in [-0.4, -0.2) is 64.6 Å². The highest BCUT2D eigenvalue weighted by Crippen LogP contribution is 2.33. The van der Waals surface area contributed by atoms with Gasteiger partial charge in [0, 0.05) is 25.1 Å². The Morgan fingerprint density at radius 2 is 1.50 bits per heavy atom. The fourth-order valence-corrected chi connectivity index (χ4v) is 6.72. The van der Waals surface area contributed by atoms with E-state index in [1.807, 2.05) is 51.1 Å². The number of carbonyl (C=O) groups is 2. The molecule has 266 valence electrons. The molecule has 50 heavy (non-hydrogen) atoms. The van der Waals surface area contributed by atoms with Gasteiger partial charge in [-0.25, -0.2) is 12.8 Å². The van der Waals surface area contributed by atoms with E-state index in [4.69, 9.17) is 14.2 Å². The minimum Gasteiger partial charge on any atom is -0.494 e. The third-order valence-electron chi connectivity index (χ3n) is 8.20. The third kappa shape index (κ3) is 9.53. The van der Waals surface area contributed by atoms with Crippen molar-refractivity contribution in [1.29, 1.82) is 0 Å². The smallest absolute Gasteiger partial charge is 0.264 e. The Morgan fingerprint density at radius 3 is 2.10 bits per heavy atom. The Hall–Kier alpha value is -5.10. The molecule has 0 bridgehead atoms. The molecule has 0 saturated carbocycles. The first kappa shape index (κ1) is 37.7. The minimum atomic E-state index is -4.41. The lowest BCUT2D eigenvalue weighted by molar-refractivity contribution is -0.140. The van der Waals surface area contributed by atoms with E-state index < -0.39 is 40.2 Å². The van der Waals surface area contributed by atoms with Crippen molar-refractivity contribution in [2.75, 3.05) is 31.7 Å². The summed E-state index contributed by atoms with van der Waals surface area (Å²) in [6.45, 7) is 5.30. The van der Waals surface area contributed by atoms with Crippen molar-refractivity contribution < 1.29 is 36.6 Å². The second-order valence-corrected chi connectivity index (χ2v) is 13.5. The van der Waals surface area contributed by atoms with Gasteiger partial charge in [-0.3, -0.25) is 13.9 Å². The molecule has 12 heteroatoms. The van der Waals surface area contributed by atoms with Crippen LogP contribution in [0.2, 0.25) is 0 Å². The predicted octanol–water partition coefficient (Wildman–Crippen LogP) is 5.99. The summed E-state index contributed by atoms with van der Waals surface area (Å²) in [6, 6.07) is 24.2. The molecule has 0 aromatic heterocycles. The lowest BCUT2D eigenvalue weighted by atomic mass is 10.0. The lowest BCUT2D eigenvalue weighted by Crippen LogP contribution is -2.54. The normalized spacial score (nSPS) is 12.4. The van der Waals surface area contributed by atoms with E-state index in [0.29, 0.717) is 30.1 Å². The molecule has 0 aliphatic carbocycles. The van der Waals surface area contributed by atoms with E-state index in [1.54, 1.807) is 24.3 Å². The van der Waals surface area contributed by atoms with Crippen LogP contribution in [0, 0.1) is 5.82 Å². The number of nitrogens with zero attached hydrogens (tertiary/aromatic N) is 2. The van der Waals surface area contributed by atoms with Crippen LogP contribution in [0.15, 0.2) is 102 Å². The number of amides is 2. The Labute approximate surface area is 293 Å². The van der Waals surface area contributed by atoms with Gasteiger partial charge >= 0.3 is 0 Å². The van der Waals surface area contributed by atoms with Crippen LogP contribution >= 0.6 is 0 Å². The van der Waals surface area contributed by atoms with Crippen molar-refractivity contribution in [1.82, 2.24) is 10.2 Å². The summed E-state index contributed by atoms with van der Waals surface area (Å²) < 4.78 is 60.1. The summed E-state index contributed by atoms with van der Waals surface area (Å²) in [5.41, 5.74) is 1.56. The summed E-state index contributed by atoms with van der Waals surface area (Å²) in [4.78, 5) is 29.9. The van der Waals surface area contributed by atoms with E-state index in [1.165, 1.54) is 61.6 Å². The fraction of sp³-hybridized carbons (Fsp3) is 0.316. The Morgan fingerprint density at radius 1 is 0.840 bits per heavy atom. The standard InChI is InChI=1S/C38H44FN3O7S/c1-6-27(3)40-38(44)34(23-28-11-9-8-10-12-28)41(25-29-13-15-30(39)16-14-29)37(43)26-42(31-17-19-32(20-18-31)49-7-2)50(45,46)33-21-22-35(47-4)36(24-33)48-5/h8-22,24,27,34H,6-7,23,25-26H2,1-5H3,(H,40,44)/t27-,34-/m0/s1. The number of rotatable bonds is 17. The fourth-order valence-electron chi connectivity index (χ4n) is 5.29. The molecule has 0 spiro atoms. The molecule has 0 aliphatic rings. The summed E-state index contributed by atoms with van der Waals surface area (Å²) >= 11 is 0. The van der Waals surface area contributed by atoms with Gasteiger partial charge in [0.2, 0.25) is 11.8 Å². The number of anilines is 1. The predicted molar refractivity (Wildman–Crippen MR) is 190 cm³/mol. The van der Waals surface area contributed by atoms with Crippen LogP contribution in [0.5, 0.6) is 17.2 Å². The molecule has 4 aromatic carbocycles. The molecule has 0 fully saturated rings. The highest BCUT2D eigenvalue weighted by atomic mass is 32.2. The molecular weight excluding hydrogens is 661 g/mol. The average Bonchev–Trinajstić information content (AvgIpc) is 3.13. The molecule has 0 unspecified atom stereocenters. The van der Waals surface area contributed by atoms with Gasteiger partial charge in [-0.15, -0.1) is 0 Å². The zero-order valence-electron chi connectivity index (χ0n) is 29.0. The van der Waals surface area contributed by atoms with Gasteiger partial charge in [0.1, 0.15) is 24.2 Å². The summed E-state index contributed by atoms with van der Waals surface area (Å²) in [5, 5.41) is 3.00. The zero-order chi connectivity index (χ0) is 36.3. The average molecular weight is 706 g/mol. The van der Waals surface area contributed by atoms with E-state index in [-0.39, 0.29) is 35.3 Å². The number of hydrogen-bond acceptors (Lipinski definition) is 7. The number of methoxy groups -OCH3 is 2. The highest BCUT2D eigenvalue weighted by Gasteiger charge is 2.35. The molecule has 0 heterocycles. The monoisotopic (exact) mass is 705 g/mol. The first-order chi connectivity index (χ1) is 24.0. The van der Waals surface area contributed by atoms with Crippen molar-refractivity contribution in [3.63, 3.8) is 0 Å². The summed E-state index contributed by atoms with van der Waals surface area (Å²) in [6.07, 6.45) is 0.812.